The molecule has 1 saturated heterocycles. The molecule has 7 fully saturated rings. The Morgan fingerprint density at radius 1 is 1.02 bits per heavy atom. The summed E-state index contributed by atoms with van der Waals surface area (Å²) in [5, 5.41) is 26.4. The molecule has 7 rings (SSSR count). The number of carbonyl (C=O) groups is 1. The molecule has 7 nitrogen and oxygen atoms in total. The lowest BCUT2D eigenvalue weighted by Crippen LogP contribution is -2.62. The quantitative estimate of drug-likeness (QED) is 0.362. The van der Waals surface area contributed by atoms with Crippen molar-refractivity contribution in [2.45, 2.75) is 135 Å². The van der Waals surface area contributed by atoms with E-state index in [0.29, 0.717) is 35.6 Å². The number of hydrogen-bond acceptors (Lipinski definition) is 6. The Morgan fingerprint density at radius 2 is 1.71 bits per heavy atom. The molecule has 0 aromatic heterocycles. The van der Waals surface area contributed by atoms with Crippen molar-refractivity contribution in [3.63, 3.8) is 0 Å². The third kappa shape index (κ3) is 5.50. The van der Waals surface area contributed by atoms with Gasteiger partial charge in [-0.3, -0.25) is 9.63 Å². The largest absolute Gasteiger partial charge is 0.394 e. The summed E-state index contributed by atoms with van der Waals surface area (Å²) in [6.07, 6.45) is 14.3. The lowest BCUT2D eigenvalue weighted by atomic mass is 9.45. The van der Waals surface area contributed by atoms with E-state index in [-0.39, 0.29) is 30.6 Å². The average molecular weight is 589 g/mol. The van der Waals surface area contributed by atoms with Crippen LogP contribution in [0.4, 0.5) is 0 Å². The second kappa shape index (κ2) is 12.6. The molecule has 6 saturated carbocycles. The maximum Gasteiger partial charge on any atom is 0.240 e. The van der Waals surface area contributed by atoms with Crippen molar-refractivity contribution in [2.24, 2.45) is 58.7 Å². The Balaban J connectivity index is 1.18. The summed E-state index contributed by atoms with van der Waals surface area (Å²) in [6.45, 7) is 9.19. The molecule has 240 valence electrons. The van der Waals surface area contributed by atoms with Gasteiger partial charge in [0.1, 0.15) is 12.1 Å². The molecule has 7 heteroatoms. The Morgan fingerprint density at radius 3 is 2.40 bits per heavy atom. The number of fused-ring (bicyclic) bond motifs is 3. The zero-order valence-corrected chi connectivity index (χ0v) is 27.0. The van der Waals surface area contributed by atoms with Crippen molar-refractivity contribution < 1.29 is 24.6 Å². The number of nitrogens with zero attached hydrogens (tertiary/aromatic N) is 1. The normalized spacial score (nSPS) is 47.7. The molecular weight excluding hydrogens is 528 g/mol. The number of rotatable bonds is 8. The molecule has 6 aliphatic carbocycles. The molecule has 42 heavy (non-hydrogen) atoms. The zero-order chi connectivity index (χ0) is 29.8. The molecule has 1 aliphatic heterocycles. The maximum absolute atomic E-state index is 14.1. The van der Waals surface area contributed by atoms with E-state index in [1.54, 1.807) is 6.92 Å². The second-order valence-electron chi connectivity index (χ2n) is 16.1. The molecule has 2 bridgehead atoms. The van der Waals surface area contributed by atoms with E-state index in [4.69, 9.17) is 9.57 Å². The summed E-state index contributed by atoms with van der Waals surface area (Å²) >= 11 is 0. The van der Waals surface area contributed by atoms with Crippen molar-refractivity contribution in [3.05, 3.63) is 0 Å². The molecule has 0 radical (unpaired) electrons. The van der Waals surface area contributed by atoms with Crippen molar-refractivity contribution in [2.75, 3.05) is 20.3 Å². The van der Waals surface area contributed by atoms with Gasteiger partial charge in [-0.15, -0.1) is 0 Å². The number of aliphatic hydroxyl groups is 2. The van der Waals surface area contributed by atoms with E-state index >= 15 is 0 Å². The van der Waals surface area contributed by atoms with E-state index in [1.807, 2.05) is 12.2 Å². The monoisotopic (exact) mass is 588 g/mol. The number of aliphatic hydroxyl groups excluding tert-OH is 2. The fourth-order valence-corrected chi connectivity index (χ4v) is 11.6. The highest BCUT2D eigenvalue weighted by atomic mass is 16.7. The predicted molar refractivity (Wildman–Crippen MR) is 163 cm³/mol. The van der Waals surface area contributed by atoms with Gasteiger partial charge in [-0.25, -0.2) is 0 Å². The third-order valence-corrected chi connectivity index (χ3v) is 13.9. The fraction of sp³-hybridized carbons (Fsp3) is 0.971. The van der Waals surface area contributed by atoms with Crippen LogP contribution in [-0.2, 0) is 14.4 Å². The first-order chi connectivity index (χ1) is 20.1. The summed E-state index contributed by atoms with van der Waals surface area (Å²) in [4.78, 5) is 20.5. The number of hydrogen-bond donors (Lipinski definition) is 3. The van der Waals surface area contributed by atoms with Crippen LogP contribution >= 0.6 is 0 Å². The molecule has 14 atom stereocenters. The number of hydroxylamine groups is 2. The number of ether oxygens (including phenoxy) is 1. The SMILES string of the molecule is COC1C(CN2O[C@@H](CO)[C@H]([C@H](C)O)[C@H]2C(=O)N[C@H]2CC3C[C@@H]([C@@H]2C)C3(C)C)CCCC1C1CCCC2CCCCC21. The van der Waals surface area contributed by atoms with E-state index in [9.17, 15) is 15.0 Å². The van der Waals surface area contributed by atoms with Crippen LogP contribution in [0.15, 0.2) is 0 Å². The molecule has 3 N–H and O–H groups in total. The Hall–Kier alpha value is -0.730. The van der Waals surface area contributed by atoms with Crippen molar-refractivity contribution in [1.82, 2.24) is 10.4 Å². The van der Waals surface area contributed by atoms with Crippen molar-refractivity contribution in [3.8, 4) is 0 Å². The average Bonchev–Trinajstić information content (AvgIpc) is 3.36. The summed E-state index contributed by atoms with van der Waals surface area (Å²) in [6, 6.07) is -0.463. The van der Waals surface area contributed by atoms with E-state index < -0.39 is 24.2 Å². The maximum atomic E-state index is 14.1. The van der Waals surface area contributed by atoms with Crippen LogP contribution in [0.1, 0.15) is 105 Å². The van der Waals surface area contributed by atoms with Crippen LogP contribution in [-0.4, -0.2) is 71.8 Å². The molecule has 0 aromatic carbocycles. The van der Waals surface area contributed by atoms with Crippen LogP contribution in [0.5, 0.6) is 0 Å². The van der Waals surface area contributed by atoms with Gasteiger partial charge in [0.05, 0.1) is 18.8 Å². The Labute approximate surface area is 254 Å². The highest BCUT2D eigenvalue weighted by Crippen LogP contribution is 2.61. The second-order valence-corrected chi connectivity index (χ2v) is 16.1. The van der Waals surface area contributed by atoms with Crippen LogP contribution in [0, 0.1) is 58.7 Å². The van der Waals surface area contributed by atoms with Gasteiger partial charge in [0, 0.05) is 31.5 Å². The first-order valence-corrected chi connectivity index (χ1v) is 17.7. The van der Waals surface area contributed by atoms with Crippen molar-refractivity contribution >= 4 is 5.91 Å². The molecule has 1 amide bonds. The van der Waals surface area contributed by atoms with Gasteiger partial charge in [0.2, 0.25) is 5.91 Å². The topological polar surface area (TPSA) is 91.3 Å². The summed E-state index contributed by atoms with van der Waals surface area (Å²) < 4.78 is 6.37. The van der Waals surface area contributed by atoms with E-state index in [2.05, 4.69) is 26.1 Å². The Bertz CT molecular complexity index is 940. The minimum Gasteiger partial charge on any atom is -0.394 e. The first-order valence-electron chi connectivity index (χ1n) is 17.7. The van der Waals surface area contributed by atoms with Gasteiger partial charge in [-0.2, -0.15) is 5.06 Å². The lowest BCUT2D eigenvalue weighted by Gasteiger charge is -2.62. The molecule has 0 spiro atoms. The number of amides is 1. The Kier molecular flexibility index (Phi) is 9.36. The van der Waals surface area contributed by atoms with Crippen LogP contribution < -0.4 is 5.32 Å². The number of methoxy groups -OCH3 is 1. The first kappa shape index (κ1) is 31.3. The third-order valence-electron chi connectivity index (χ3n) is 13.9. The molecule has 7 unspecified atom stereocenters. The van der Waals surface area contributed by atoms with Gasteiger partial charge in [-0.1, -0.05) is 59.3 Å². The van der Waals surface area contributed by atoms with Crippen LogP contribution in [0.3, 0.4) is 0 Å². The summed E-state index contributed by atoms with van der Waals surface area (Å²) in [5.74, 6) is 4.53. The van der Waals surface area contributed by atoms with Gasteiger partial charge in [0.25, 0.3) is 0 Å². The molecule has 0 aromatic rings. The summed E-state index contributed by atoms with van der Waals surface area (Å²) in [7, 11) is 1.89. The van der Waals surface area contributed by atoms with Gasteiger partial charge >= 0.3 is 0 Å². The number of carbonyl (C=O) groups excluding carboxylic acids is 1. The predicted octanol–water partition coefficient (Wildman–Crippen LogP) is 5.18. The minimum absolute atomic E-state index is 0.0496. The van der Waals surface area contributed by atoms with Crippen LogP contribution in [0.25, 0.3) is 0 Å². The molecule has 1 heterocycles. The minimum atomic E-state index is -0.762. The molecular formula is C35H60N2O5. The number of nitrogens with one attached hydrogen (secondary N) is 1. The zero-order valence-electron chi connectivity index (χ0n) is 27.0. The van der Waals surface area contributed by atoms with Gasteiger partial charge < -0.3 is 20.3 Å². The lowest BCUT2D eigenvalue weighted by molar-refractivity contribution is -0.194. The smallest absolute Gasteiger partial charge is 0.240 e. The standard InChI is InChI=1S/C35H60N2O5/c1-20-28-16-24(35(28,3)4)17-29(20)36-34(40)32-31(21(2)39)30(19-38)42-37(32)18-23-12-9-15-27(33(23)41-5)26-14-8-11-22-10-6-7-13-25(22)26/h20-33,38-39H,6-19H2,1-5H3,(H,36,40)/t20-,21-,22?,23?,24?,25?,26?,27?,28-,29-,30-,31-,32-,33?/m0/s1. The van der Waals surface area contributed by atoms with Gasteiger partial charge in [-0.05, 0) is 92.3 Å². The van der Waals surface area contributed by atoms with Crippen LogP contribution in [0.2, 0.25) is 0 Å². The molecule has 7 aliphatic rings. The van der Waals surface area contributed by atoms with Crippen molar-refractivity contribution in [1.29, 1.82) is 0 Å². The van der Waals surface area contributed by atoms with E-state index in [1.165, 1.54) is 64.2 Å². The highest BCUT2D eigenvalue weighted by molar-refractivity contribution is 5.82. The van der Waals surface area contributed by atoms with E-state index in [0.717, 1.165) is 30.6 Å². The highest BCUT2D eigenvalue weighted by Gasteiger charge is 2.58. The van der Waals surface area contributed by atoms with Gasteiger partial charge in [0.15, 0.2) is 0 Å². The summed E-state index contributed by atoms with van der Waals surface area (Å²) in [5.41, 5.74) is 0.357. The fourth-order valence-electron chi connectivity index (χ4n) is 11.6.